The number of ether oxygens (including phenoxy) is 2. The van der Waals surface area contributed by atoms with Crippen molar-refractivity contribution >= 4 is 62.1 Å². The van der Waals surface area contributed by atoms with E-state index in [2.05, 4.69) is 175 Å². The molecule has 5 heteroatoms. The predicted octanol–water partition coefficient (Wildman–Crippen LogP) is 11.1. The molecule has 0 amide bonds. The normalized spacial score (nSPS) is 12.4. The number of benzene rings is 8. The van der Waals surface area contributed by atoms with Crippen LogP contribution < -0.4 is 30.8 Å². The van der Waals surface area contributed by atoms with Gasteiger partial charge in [-0.05, 0) is 87.8 Å². The number of hydrogen-bond acceptors (Lipinski definition) is 4. The first-order valence-electron chi connectivity index (χ1n) is 17.9. The summed E-state index contributed by atoms with van der Waals surface area (Å²) in [5.41, 5.74) is 12.4. The molecule has 2 aliphatic heterocycles. The number of fused-ring (bicyclic) bond motifs is 8. The van der Waals surface area contributed by atoms with Crippen LogP contribution >= 0.6 is 0 Å². The van der Waals surface area contributed by atoms with E-state index in [1.54, 1.807) is 0 Å². The maximum absolute atomic E-state index is 6.92. The third-order valence-corrected chi connectivity index (χ3v) is 10.6. The van der Waals surface area contributed by atoms with Crippen LogP contribution in [-0.2, 0) is 0 Å². The van der Waals surface area contributed by atoms with E-state index < -0.39 is 0 Å². The van der Waals surface area contributed by atoms with Gasteiger partial charge >= 0.3 is 0 Å². The van der Waals surface area contributed by atoms with E-state index in [9.17, 15) is 0 Å². The molecular weight excluding hydrogens is 649 g/mol. The van der Waals surface area contributed by atoms with Crippen LogP contribution in [0, 0.1) is 0 Å². The van der Waals surface area contributed by atoms with Gasteiger partial charge in [-0.1, -0.05) is 121 Å². The van der Waals surface area contributed by atoms with Crippen LogP contribution in [0.1, 0.15) is 0 Å². The minimum atomic E-state index is -0.125. The van der Waals surface area contributed by atoms with Crippen molar-refractivity contribution in [3.05, 3.63) is 182 Å². The molecule has 0 fully saturated rings. The Morgan fingerprint density at radius 3 is 1.53 bits per heavy atom. The first kappa shape index (κ1) is 29.7. The van der Waals surface area contributed by atoms with Crippen LogP contribution in [0.15, 0.2) is 186 Å². The smallest absolute Gasteiger partial charge is 0.260 e. The van der Waals surface area contributed by atoms with Gasteiger partial charge in [-0.15, -0.1) is 0 Å². The van der Waals surface area contributed by atoms with Crippen LogP contribution in [-0.4, -0.2) is 6.71 Å². The molecule has 8 aromatic carbocycles. The Morgan fingerprint density at radius 1 is 0.396 bits per heavy atom. The molecule has 3 heterocycles. The molecule has 53 heavy (non-hydrogen) atoms. The molecule has 0 unspecified atom stereocenters. The van der Waals surface area contributed by atoms with Gasteiger partial charge in [0, 0.05) is 39.4 Å². The molecule has 9 aromatic rings. The summed E-state index contributed by atoms with van der Waals surface area (Å²) >= 11 is 0. The lowest BCUT2D eigenvalue weighted by molar-refractivity contribution is 0.462. The monoisotopic (exact) mass is 679 g/mol. The Morgan fingerprint density at radius 2 is 0.943 bits per heavy atom. The molecule has 11 rings (SSSR count). The average molecular weight is 680 g/mol. The minimum Gasteiger partial charge on any atom is -0.458 e. The second-order valence-corrected chi connectivity index (χ2v) is 13.7. The van der Waals surface area contributed by atoms with E-state index in [0.717, 1.165) is 94.9 Å². The van der Waals surface area contributed by atoms with E-state index in [0.29, 0.717) is 5.75 Å². The fraction of sp³-hybridized carbons (Fsp3) is 0. The molecule has 2 aliphatic rings. The summed E-state index contributed by atoms with van der Waals surface area (Å²) < 4.78 is 20.6. The topological polar surface area (TPSA) is 34.8 Å². The number of nitrogens with zero attached hydrogens (tertiary/aromatic N) is 1. The second kappa shape index (κ2) is 11.8. The zero-order chi connectivity index (χ0) is 34.9. The largest absolute Gasteiger partial charge is 0.458 e. The summed E-state index contributed by atoms with van der Waals surface area (Å²) in [5, 5.41) is 1.96. The number of hydrogen-bond donors (Lipinski definition) is 0. The third kappa shape index (κ3) is 4.78. The number of furan rings is 1. The van der Waals surface area contributed by atoms with Gasteiger partial charge < -0.3 is 18.8 Å². The molecule has 1 aromatic heterocycles. The van der Waals surface area contributed by atoms with Crippen LogP contribution in [0.3, 0.4) is 0 Å². The van der Waals surface area contributed by atoms with Gasteiger partial charge in [-0.2, -0.15) is 0 Å². The lowest BCUT2D eigenvalue weighted by Gasteiger charge is -2.33. The SMILES string of the molecule is c1ccc(-c2ccc3c(c2)B2c4cc(-c5ccccc5)ccc4Oc4c2c(cc2c4oc4cc(N(c5ccccc5)c5ccccc5)ccc42)O3)cc1. The molecule has 0 atom stereocenters. The van der Waals surface area contributed by atoms with Crippen LogP contribution in [0.2, 0.25) is 0 Å². The molecule has 0 spiro atoms. The molecular formula is C48H30BNO3. The summed E-state index contributed by atoms with van der Waals surface area (Å²) in [6.07, 6.45) is 0. The van der Waals surface area contributed by atoms with Gasteiger partial charge in [-0.3, -0.25) is 0 Å². The summed E-state index contributed by atoms with van der Waals surface area (Å²) in [6, 6.07) is 63.5. The minimum absolute atomic E-state index is 0.125. The lowest BCUT2D eigenvalue weighted by Crippen LogP contribution is -2.57. The van der Waals surface area contributed by atoms with E-state index in [1.165, 1.54) is 0 Å². The molecule has 0 radical (unpaired) electrons. The fourth-order valence-electron chi connectivity index (χ4n) is 8.12. The highest BCUT2D eigenvalue weighted by Gasteiger charge is 2.42. The van der Waals surface area contributed by atoms with Crippen molar-refractivity contribution < 1.29 is 13.9 Å². The van der Waals surface area contributed by atoms with Gasteiger partial charge in [-0.25, -0.2) is 0 Å². The lowest BCUT2D eigenvalue weighted by atomic mass is 9.34. The van der Waals surface area contributed by atoms with Crippen LogP contribution in [0.25, 0.3) is 44.2 Å². The van der Waals surface area contributed by atoms with Crippen molar-refractivity contribution in [2.45, 2.75) is 0 Å². The molecule has 0 saturated heterocycles. The quantitative estimate of drug-likeness (QED) is 0.170. The Kier molecular flexibility index (Phi) is 6.61. The highest BCUT2D eigenvalue weighted by atomic mass is 16.5. The van der Waals surface area contributed by atoms with Gasteiger partial charge in [0.25, 0.3) is 6.71 Å². The average Bonchev–Trinajstić information content (AvgIpc) is 3.60. The number of para-hydroxylation sites is 2. The van der Waals surface area contributed by atoms with Gasteiger partial charge in [0.1, 0.15) is 22.8 Å². The zero-order valence-corrected chi connectivity index (χ0v) is 28.6. The second-order valence-electron chi connectivity index (χ2n) is 13.7. The first-order chi connectivity index (χ1) is 26.3. The van der Waals surface area contributed by atoms with E-state index in [4.69, 9.17) is 13.9 Å². The summed E-state index contributed by atoms with van der Waals surface area (Å²) in [6.45, 7) is -0.125. The van der Waals surface area contributed by atoms with Crippen molar-refractivity contribution in [2.75, 3.05) is 4.90 Å². The summed E-state index contributed by atoms with van der Waals surface area (Å²) in [5.74, 6) is 3.16. The van der Waals surface area contributed by atoms with Gasteiger partial charge in [0.05, 0.1) is 0 Å². The number of rotatable bonds is 5. The van der Waals surface area contributed by atoms with E-state index >= 15 is 0 Å². The van der Waals surface area contributed by atoms with Crippen molar-refractivity contribution in [3.63, 3.8) is 0 Å². The van der Waals surface area contributed by atoms with Gasteiger partial charge in [0.15, 0.2) is 11.3 Å². The molecule has 0 bridgehead atoms. The Balaban J connectivity index is 1.12. The highest BCUT2D eigenvalue weighted by Crippen LogP contribution is 2.45. The van der Waals surface area contributed by atoms with E-state index in [1.807, 2.05) is 12.1 Å². The molecule has 4 nitrogen and oxygen atoms in total. The maximum Gasteiger partial charge on any atom is 0.260 e. The zero-order valence-electron chi connectivity index (χ0n) is 28.6. The fourth-order valence-corrected chi connectivity index (χ4v) is 8.12. The summed E-state index contributed by atoms with van der Waals surface area (Å²) in [7, 11) is 0. The van der Waals surface area contributed by atoms with E-state index in [-0.39, 0.29) is 6.71 Å². The third-order valence-electron chi connectivity index (χ3n) is 10.6. The Bertz CT molecular complexity index is 2750. The van der Waals surface area contributed by atoms with Crippen LogP contribution in [0.5, 0.6) is 23.0 Å². The van der Waals surface area contributed by atoms with Crippen LogP contribution in [0.4, 0.5) is 17.1 Å². The maximum atomic E-state index is 6.92. The number of anilines is 3. The molecule has 248 valence electrons. The predicted molar refractivity (Wildman–Crippen MR) is 217 cm³/mol. The van der Waals surface area contributed by atoms with Crippen molar-refractivity contribution in [3.8, 4) is 45.3 Å². The molecule has 0 aliphatic carbocycles. The van der Waals surface area contributed by atoms with Crippen molar-refractivity contribution in [1.29, 1.82) is 0 Å². The Labute approximate surface area is 307 Å². The first-order valence-corrected chi connectivity index (χ1v) is 17.9. The standard InChI is InChI=1S/C48H30BNO3/c1-5-13-31(14-6-1)33-21-25-42-40(27-33)49-41-28-34(32-15-7-2-8-16-32)22-26-43(41)52-48-46(49)45(51-42)30-39-38-24-23-37(29-44(38)53-47(39)48)50(35-17-9-3-10-18-35)36-19-11-4-12-20-36/h1-30H. The molecule has 0 N–H and O–H groups in total. The van der Waals surface area contributed by atoms with Crippen molar-refractivity contribution in [2.24, 2.45) is 0 Å². The highest BCUT2D eigenvalue weighted by molar-refractivity contribution is 6.98. The Hall–Kier alpha value is -6.98. The van der Waals surface area contributed by atoms with Gasteiger partial charge in [0.2, 0.25) is 0 Å². The molecule has 0 saturated carbocycles. The summed E-state index contributed by atoms with van der Waals surface area (Å²) in [4.78, 5) is 2.25. The van der Waals surface area contributed by atoms with Crippen molar-refractivity contribution in [1.82, 2.24) is 0 Å².